The highest BCUT2D eigenvalue weighted by molar-refractivity contribution is 5.40. The summed E-state index contributed by atoms with van der Waals surface area (Å²) < 4.78 is 39.1. The third-order valence-corrected chi connectivity index (χ3v) is 3.16. The molecule has 1 aromatic rings. The van der Waals surface area contributed by atoms with Gasteiger partial charge in [0, 0.05) is 0 Å². The first-order valence-corrected chi connectivity index (χ1v) is 4.85. The molecule has 1 aliphatic carbocycles. The average Bonchev–Trinajstić information content (AvgIpc) is 2.56. The van der Waals surface area contributed by atoms with Crippen molar-refractivity contribution in [3.05, 3.63) is 35.4 Å². The summed E-state index contributed by atoms with van der Waals surface area (Å²) in [4.78, 5) is 0. The Morgan fingerprint density at radius 2 is 1.93 bits per heavy atom. The predicted octanol–water partition coefficient (Wildman–Crippen LogP) is 2.61. The fourth-order valence-electron chi connectivity index (χ4n) is 2.31. The van der Waals surface area contributed by atoms with Gasteiger partial charge in [0.25, 0.3) is 0 Å². The van der Waals surface area contributed by atoms with Crippen molar-refractivity contribution in [2.24, 2.45) is 0 Å². The molecule has 0 saturated heterocycles. The molecule has 0 bridgehead atoms. The van der Waals surface area contributed by atoms with Gasteiger partial charge in [0.2, 0.25) is 0 Å². The number of nitrogens with one attached hydrogen (secondary N) is 1. The van der Waals surface area contributed by atoms with Gasteiger partial charge in [-0.05, 0) is 31.0 Å². The number of hydrogen-bond donors (Lipinski definition) is 1. The Morgan fingerprint density at radius 1 is 1.27 bits per heavy atom. The lowest BCUT2D eigenvalue weighted by Gasteiger charge is -2.32. The van der Waals surface area contributed by atoms with Crippen LogP contribution in [0.25, 0.3) is 0 Å². The van der Waals surface area contributed by atoms with Crippen LogP contribution in [-0.4, -0.2) is 13.2 Å². The zero-order valence-electron chi connectivity index (χ0n) is 8.36. The van der Waals surface area contributed by atoms with Crippen LogP contribution in [0.2, 0.25) is 0 Å². The maximum Gasteiger partial charge on any atom is 0.410 e. The normalized spacial score (nSPS) is 25.3. The summed E-state index contributed by atoms with van der Waals surface area (Å²) in [6.07, 6.45) is -3.67. The van der Waals surface area contributed by atoms with Gasteiger partial charge >= 0.3 is 6.18 Å². The van der Waals surface area contributed by atoms with E-state index in [4.69, 9.17) is 0 Å². The maximum absolute atomic E-state index is 13.0. The lowest BCUT2D eigenvalue weighted by Crippen LogP contribution is -2.50. The molecule has 15 heavy (non-hydrogen) atoms. The second kappa shape index (κ2) is 3.23. The van der Waals surface area contributed by atoms with Crippen LogP contribution in [0.15, 0.2) is 24.3 Å². The van der Waals surface area contributed by atoms with E-state index in [1.54, 1.807) is 24.3 Å². The Labute approximate surface area is 86.3 Å². The van der Waals surface area contributed by atoms with E-state index in [0.717, 1.165) is 5.56 Å². The summed E-state index contributed by atoms with van der Waals surface area (Å²) in [6.45, 7) is 0. The van der Waals surface area contributed by atoms with Gasteiger partial charge in [-0.25, -0.2) is 0 Å². The molecule has 0 amide bonds. The molecular formula is C11H12F3N. The minimum Gasteiger partial charge on any atom is -0.303 e. The van der Waals surface area contributed by atoms with Crippen molar-refractivity contribution < 1.29 is 13.2 Å². The van der Waals surface area contributed by atoms with E-state index in [2.05, 4.69) is 5.32 Å². The van der Waals surface area contributed by atoms with Crippen molar-refractivity contribution in [3.63, 3.8) is 0 Å². The Kier molecular flexibility index (Phi) is 2.26. The fraction of sp³-hybridized carbons (Fsp3) is 0.455. The number of alkyl halides is 3. The number of rotatable bonds is 1. The molecule has 0 radical (unpaired) electrons. The highest BCUT2D eigenvalue weighted by Gasteiger charge is 2.57. The molecule has 1 aliphatic rings. The van der Waals surface area contributed by atoms with E-state index in [0.29, 0.717) is 12.0 Å². The van der Waals surface area contributed by atoms with E-state index in [9.17, 15) is 13.2 Å². The quantitative estimate of drug-likeness (QED) is 0.759. The predicted molar refractivity (Wildman–Crippen MR) is 51.6 cm³/mol. The van der Waals surface area contributed by atoms with Gasteiger partial charge in [0.1, 0.15) is 5.54 Å². The molecule has 0 fully saturated rings. The van der Waals surface area contributed by atoms with Crippen molar-refractivity contribution in [2.45, 2.75) is 24.6 Å². The monoisotopic (exact) mass is 215 g/mol. The van der Waals surface area contributed by atoms with E-state index < -0.39 is 11.7 Å². The highest BCUT2D eigenvalue weighted by Crippen LogP contribution is 2.47. The molecule has 0 aromatic heterocycles. The smallest absolute Gasteiger partial charge is 0.303 e. The molecule has 1 atom stereocenters. The number of fused-ring (bicyclic) bond motifs is 1. The summed E-state index contributed by atoms with van der Waals surface area (Å²) in [7, 11) is 1.37. The van der Waals surface area contributed by atoms with Crippen LogP contribution in [0.5, 0.6) is 0 Å². The van der Waals surface area contributed by atoms with E-state index in [-0.39, 0.29) is 6.42 Å². The number of hydrogen-bond acceptors (Lipinski definition) is 1. The number of halogens is 3. The van der Waals surface area contributed by atoms with Crippen LogP contribution in [0.3, 0.4) is 0 Å². The lowest BCUT2D eigenvalue weighted by atomic mass is 9.91. The fourth-order valence-corrected chi connectivity index (χ4v) is 2.31. The first-order chi connectivity index (χ1) is 7.01. The molecule has 1 unspecified atom stereocenters. The van der Waals surface area contributed by atoms with Gasteiger partial charge in [-0.2, -0.15) is 13.2 Å². The molecule has 1 aromatic carbocycles. The molecule has 82 valence electrons. The first kappa shape index (κ1) is 10.5. The molecule has 0 saturated carbocycles. The minimum absolute atomic E-state index is 0.0896. The third-order valence-electron chi connectivity index (χ3n) is 3.16. The van der Waals surface area contributed by atoms with E-state index >= 15 is 0 Å². The summed E-state index contributed by atoms with van der Waals surface area (Å²) in [6, 6.07) is 6.76. The SMILES string of the molecule is CNC1(C(F)(F)F)CCc2ccccc21. The molecule has 1 nitrogen and oxygen atoms in total. The van der Waals surface area contributed by atoms with Crippen LogP contribution in [0.1, 0.15) is 17.5 Å². The van der Waals surface area contributed by atoms with Gasteiger partial charge in [0.05, 0.1) is 0 Å². The topological polar surface area (TPSA) is 12.0 Å². The highest BCUT2D eigenvalue weighted by atomic mass is 19.4. The zero-order chi connectivity index (χ0) is 11.1. The molecular weight excluding hydrogens is 203 g/mol. The van der Waals surface area contributed by atoms with Crippen LogP contribution >= 0.6 is 0 Å². The molecule has 0 spiro atoms. The molecule has 2 rings (SSSR count). The van der Waals surface area contributed by atoms with E-state index in [1.165, 1.54) is 7.05 Å². The Balaban J connectivity index is 2.56. The van der Waals surface area contributed by atoms with Gasteiger partial charge < -0.3 is 5.32 Å². The molecule has 4 heteroatoms. The summed E-state index contributed by atoms with van der Waals surface area (Å²) >= 11 is 0. The Bertz CT molecular complexity index is 372. The minimum atomic E-state index is -4.24. The summed E-state index contributed by atoms with van der Waals surface area (Å²) in [5.74, 6) is 0. The third kappa shape index (κ3) is 1.35. The summed E-state index contributed by atoms with van der Waals surface area (Å²) in [5, 5.41) is 2.45. The first-order valence-electron chi connectivity index (χ1n) is 4.85. The second-order valence-corrected chi connectivity index (χ2v) is 3.81. The van der Waals surface area contributed by atoms with Crippen molar-refractivity contribution in [3.8, 4) is 0 Å². The van der Waals surface area contributed by atoms with Crippen LogP contribution in [0.4, 0.5) is 13.2 Å². The van der Waals surface area contributed by atoms with Crippen LogP contribution in [-0.2, 0) is 12.0 Å². The Hall–Kier alpha value is -1.03. The van der Waals surface area contributed by atoms with Crippen molar-refractivity contribution in [1.29, 1.82) is 0 Å². The van der Waals surface area contributed by atoms with Crippen LogP contribution < -0.4 is 5.32 Å². The average molecular weight is 215 g/mol. The number of benzene rings is 1. The molecule has 0 aliphatic heterocycles. The standard InChI is InChI=1S/C11H12F3N/c1-15-10(11(12,13)14)7-6-8-4-2-3-5-9(8)10/h2-5,15H,6-7H2,1H3. The largest absolute Gasteiger partial charge is 0.410 e. The van der Waals surface area contributed by atoms with Gasteiger partial charge in [0.15, 0.2) is 0 Å². The van der Waals surface area contributed by atoms with Gasteiger partial charge in [-0.1, -0.05) is 24.3 Å². The molecule has 0 heterocycles. The van der Waals surface area contributed by atoms with Crippen LogP contribution in [0, 0.1) is 0 Å². The second-order valence-electron chi connectivity index (χ2n) is 3.81. The van der Waals surface area contributed by atoms with Crippen molar-refractivity contribution >= 4 is 0 Å². The zero-order valence-corrected chi connectivity index (χ0v) is 8.36. The van der Waals surface area contributed by atoms with Gasteiger partial charge in [-0.15, -0.1) is 0 Å². The molecule has 1 N–H and O–H groups in total. The van der Waals surface area contributed by atoms with Crippen molar-refractivity contribution in [1.82, 2.24) is 5.32 Å². The Morgan fingerprint density at radius 3 is 2.53 bits per heavy atom. The van der Waals surface area contributed by atoms with E-state index in [1.807, 2.05) is 0 Å². The van der Waals surface area contributed by atoms with Crippen molar-refractivity contribution in [2.75, 3.05) is 7.05 Å². The maximum atomic E-state index is 13.0. The summed E-state index contributed by atoms with van der Waals surface area (Å²) in [5.41, 5.74) is -0.673. The lowest BCUT2D eigenvalue weighted by molar-refractivity contribution is -0.198. The number of aryl methyl sites for hydroxylation is 1. The van der Waals surface area contributed by atoms with Gasteiger partial charge in [-0.3, -0.25) is 0 Å².